The Morgan fingerprint density at radius 2 is 2.07 bits per heavy atom. The molecule has 0 aromatic heterocycles. The van der Waals surface area contributed by atoms with Crippen LogP contribution in [0, 0.1) is 0 Å². The molecule has 2 saturated heterocycles. The number of amides is 1. The van der Waals surface area contributed by atoms with E-state index in [1.54, 1.807) is 0 Å². The Labute approximate surface area is 84.8 Å². The van der Waals surface area contributed by atoms with E-state index in [4.69, 9.17) is 0 Å². The van der Waals surface area contributed by atoms with Crippen molar-refractivity contribution in [1.29, 1.82) is 0 Å². The number of piperidine rings is 2. The van der Waals surface area contributed by atoms with Crippen LogP contribution in [0.2, 0.25) is 0 Å². The molecule has 14 heavy (non-hydrogen) atoms. The van der Waals surface area contributed by atoms with Gasteiger partial charge in [-0.3, -0.25) is 4.79 Å². The average molecular weight is 197 g/mol. The Hall–Kier alpha value is -0.610. The lowest BCUT2D eigenvalue weighted by atomic mass is 10.0. The standard InChI is InChI=1S/C10H19N3O/c14-10-9(4-2-6-12-10)13-8-3-1-5-11-7-8/h8-9,11,13H,1-7H2,(H,12,14). The molecular formula is C10H19N3O. The summed E-state index contributed by atoms with van der Waals surface area (Å²) in [6.45, 7) is 2.97. The second-order valence-corrected chi connectivity index (χ2v) is 4.20. The Bertz CT molecular complexity index is 202. The van der Waals surface area contributed by atoms with Gasteiger partial charge in [-0.15, -0.1) is 0 Å². The molecule has 2 aliphatic heterocycles. The maximum atomic E-state index is 11.5. The van der Waals surface area contributed by atoms with Gasteiger partial charge < -0.3 is 16.0 Å². The first-order chi connectivity index (χ1) is 6.86. The van der Waals surface area contributed by atoms with Crippen LogP contribution < -0.4 is 16.0 Å². The molecule has 2 atom stereocenters. The van der Waals surface area contributed by atoms with Gasteiger partial charge in [0.05, 0.1) is 6.04 Å². The van der Waals surface area contributed by atoms with Crippen LogP contribution in [-0.2, 0) is 4.79 Å². The lowest BCUT2D eigenvalue weighted by molar-refractivity contribution is -0.124. The van der Waals surface area contributed by atoms with Crippen LogP contribution in [0.1, 0.15) is 25.7 Å². The Balaban J connectivity index is 1.79. The van der Waals surface area contributed by atoms with E-state index in [2.05, 4.69) is 16.0 Å². The van der Waals surface area contributed by atoms with Gasteiger partial charge in [0.25, 0.3) is 0 Å². The molecule has 80 valence electrons. The molecule has 2 rings (SSSR count). The Morgan fingerprint density at radius 3 is 2.79 bits per heavy atom. The highest BCUT2D eigenvalue weighted by atomic mass is 16.2. The van der Waals surface area contributed by atoms with Crippen LogP contribution in [0.25, 0.3) is 0 Å². The first-order valence-electron chi connectivity index (χ1n) is 5.61. The third-order valence-corrected chi connectivity index (χ3v) is 3.02. The van der Waals surface area contributed by atoms with Gasteiger partial charge in [-0.2, -0.15) is 0 Å². The molecule has 2 aliphatic rings. The number of nitrogens with one attached hydrogen (secondary N) is 3. The highest BCUT2D eigenvalue weighted by Gasteiger charge is 2.25. The van der Waals surface area contributed by atoms with Gasteiger partial charge in [-0.25, -0.2) is 0 Å². The summed E-state index contributed by atoms with van der Waals surface area (Å²) in [4.78, 5) is 11.5. The van der Waals surface area contributed by atoms with E-state index in [9.17, 15) is 4.79 Å². The van der Waals surface area contributed by atoms with Gasteiger partial charge in [0, 0.05) is 19.1 Å². The van der Waals surface area contributed by atoms with Crippen LogP contribution >= 0.6 is 0 Å². The molecule has 3 N–H and O–H groups in total. The first-order valence-corrected chi connectivity index (χ1v) is 5.61. The van der Waals surface area contributed by atoms with Crippen molar-refractivity contribution in [1.82, 2.24) is 16.0 Å². The van der Waals surface area contributed by atoms with Gasteiger partial charge >= 0.3 is 0 Å². The Morgan fingerprint density at radius 1 is 1.21 bits per heavy atom. The largest absolute Gasteiger partial charge is 0.355 e. The van der Waals surface area contributed by atoms with Crippen LogP contribution in [0.15, 0.2) is 0 Å². The van der Waals surface area contributed by atoms with E-state index >= 15 is 0 Å². The normalized spacial score (nSPS) is 33.9. The third kappa shape index (κ3) is 2.45. The minimum atomic E-state index is 0.0497. The highest BCUT2D eigenvalue weighted by Crippen LogP contribution is 2.07. The zero-order chi connectivity index (χ0) is 9.80. The number of hydrogen-bond donors (Lipinski definition) is 3. The predicted molar refractivity (Wildman–Crippen MR) is 55.1 cm³/mol. The van der Waals surface area contributed by atoms with Crippen molar-refractivity contribution in [3.05, 3.63) is 0 Å². The molecular weight excluding hydrogens is 178 g/mol. The summed E-state index contributed by atoms with van der Waals surface area (Å²) in [6.07, 6.45) is 4.49. The fourth-order valence-corrected chi connectivity index (χ4v) is 2.21. The van der Waals surface area contributed by atoms with Crippen molar-refractivity contribution in [2.75, 3.05) is 19.6 Å². The number of carbonyl (C=O) groups is 1. The molecule has 2 fully saturated rings. The maximum Gasteiger partial charge on any atom is 0.237 e. The summed E-state index contributed by atoms with van der Waals surface area (Å²) in [5.74, 6) is 0.182. The fraction of sp³-hybridized carbons (Fsp3) is 0.900. The molecule has 2 heterocycles. The zero-order valence-corrected chi connectivity index (χ0v) is 8.51. The van der Waals surface area contributed by atoms with Crippen LogP contribution in [0.3, 0.4) is 0 Å². The first kappa shape index (κ1) is 9.93. The van der Waals surface area contributed by atoms with Gasteiger partial charge in [-0.05, 0) is 32.2 Å². The predicted octanol–water partition coefficient (Wildman–Crippen LogP) is -0.393. The van der Waals surface area contributed by atoms with E-state index in [1.807, 2.05) is 0 Å². The third-order valence-electron chi connectivity index (χ3n) is 3.02. The van der Waals surface area contributed by atoms with Crippen molar-refractivity contribution in [2.24, 2.45) is 0 Å². The average Bonchev–Trinajstić information content (AvgIpc) is 2.23. The monoisotopic (exact) mass is 197 g/mol. The lowest BCUT2D eigenvalue weighted by Gasteiger charge is -2.30. The van der Waals surface area contributed by atoms with Crippen molar-refractivity contribution in [2.45, 2.75) is 37.8 Å². The zero-order valence-electron chi connectivity index (χ0n) is 8.51. The summed E-state index contributed by atoms with van der Waals surface area (Å²) >= 11 is 0. The minimum Gasteiger partial charge on any atom is -0.355 e. The minimum absolute atomic E-state index is 0.0497. The molecule has 0 aromatic rings. The summed E-state index contributed by atoms with van der Waals surface area (Å²) in [5.41, 5.74) is 0. The van der Waals surface area contributed by atoms with E-state index in [-0.39, 0.29) is 11.9 Å². The van der Waals surface area contributed by atoms with Gasteiger partial charge in [0.2, 0.25) is 5.91 Å². The number of carbonyl (C=O) groups excluding carboxylic acids is 1. The van der Waals surface area contributed by atoms with Gasteiger partial charge in [0.15, 0.2) is 0 Å². The van der Waals surface area contributed by atoms with Crippen molar-refractivity contribution >= 4 is 5.91 Å². The topological polar surface area (TPSA) is 53.2 Å². The van der Waals surface area contributed by atoms with E-state index in [0.717, 1.165) is 32.5 Å². The van der Waals surface area contributed by atoms with Crippen molar-refractivity contribution in [3.8, 4) is 0 Å². The number of hydrogen-bond acceptors (Lipinski definition) is 3. The summed E-state index contributed by atoms with van der Waals surface area (Å²) in [5, 5.41) is 9.68. The second-order valence-electron chi connectivity index (χ2n) is 4.20. The quantitative estimate of drug-likeness (QED) is 0.565. The molecule has 4 nitrogen and oxygen atoms in total. The number of rotatable bonds is 2. The van der Waals surface area contributed by atoms with E-state index in [1.165, 1.54) is 12.8 Å². The van der Waals surface area contributed by atoms with Crippen molar-refractivity contribution < 1.29 is 4.79 Å². The fourth-order valence-electron chi connectivity index (χ4n) is 2.21. The molecule has 2 unspecified atom stereocenters. The van der Waals surface area contributed by atoms with E-state index < -0.39 is 0 Å². The summed E-state index contributed by atoms with van der Waals surface area (Å²) in [7, 11) is 0. The molecule has 0 saturated carbocycles. The molecule has 4 heteroatoms. The van der Waals surface area contributed by atoms with Gasteiger partial charge in [0.1, 0.15) is 0 Å². The highest BCUT2D eigenvalue weighted by molar-refractivity contribution is 5.82. The molecule has 0 aromatic carbocycles. The second kappa shape index (κ2) is 4.75. The van der Waals surface area contributed by atoms with Crippen molar-refractivity contribution in [3.63, 3.8) is 0 Å². The summed E-state index contributed by atoms with van der Waals surface area (Å²) in [6, 6.07) is 0.534. The maximum absolute atomic E-state index is 11.5. The van der Waals surface area contributed by atoms with Crippen LogP contribution in [0.4, 0.5) is 0 Å². The van der Waals surface area contributed by atoms with Gasteiger partial charge in [-0.1, -0.05) is 0 Å². The smallest absolute Gasteiger partial charge is 0.237 e. The van der Waals surface area contributed by atoms with Crippen LogP contribution in [-0.4, -0.2) is 37.6 Å². The molecule has 0 radical (unpaired) electrons. The molecule has 0 aliphatic carbocycles. The summed E-state index contributed by atoms with van der Waals surface area (Å²) < 4.78 is 0. The SMILES string of the molecule is O=C1NCCCC1NC1CCCNC1. The lowest BCUT2D eigenvalue weighted by Crippen LogP contribution is -2.54. The van der Waals surface area contributed by atoms with E-state index in [0.29, 0.717) is 6.04 Å². The Kier molecular flexibility index (Phi) is 3.37. The molecule has 0 spiro atoms. The van der Waals surface area contributed by atoms with Crippen LogP contribution in [0.5, 0.6) is 0 Å². The molecule has 0 bridgehead atoms. The molecule has 1 amide bonds.